The Morgan fingerprint density at radius 2 is 0.658 bits per heavy atom. The second kappa shape index (κ2) is 65.9. The van der Waals surface area contributed by atoms with Crippen LogP contribution in [-0.4, -0.2) is 47.4 Å². The van der Waals surface area contributed by atoms with Crippen molar-refractivity contribution in [3.63, 3.8) is 0 Å². The van der Waals surface area contributed by atoms with Crippen molar-refractivity contribution in [2.45, 2.75) is 398 Å². The molecule has 0 aromatic rings. The highest BCUT2D eigenvalue weighted by Crippen LogP contribution is 2.19. The number of esters is 1. The predicted molar refractivity (Wildman–Crippen MR) is 333 cm³/mol. The summed E-state index contributed by atoms with van der Waals surface area (Å²) in [5, 5.41) is 23.3. The van der Waals surface area contributed by atoms with Gasteiger partial charge in [0.2, 0.25) is 5.91 Å². The SMILES string of the molecule is CCCCCCCCCCCCCCCCC(=O)OCCCCCCCCCCC/C=C\C/C=C\CCCCCCCCCCCCCCCCCC(=O)NC(CO)C(O)CCCCCCCCCCCCCCCC. The summed E-state index contributed by atoms with van der Waals surface area (Å²) in [6.07, 6.45) is 82.2. The highest BCUT2D eigenvalue weighted by atomic mass is 16.5. The fourth-order valence-electron chi connectivity index (χ4n) is 11.0. The smallest absolute Gasteiger partial charge is 0.305 e. The van der Waals surface area contributed by atoms with Gasteiger partial charge in [0.1, 0.15) is 0 Å². The third-order valence-electron chi connectivity index (χ3n) is 16.3. The van der Waals surface area contributed by atoms with E-state index in [0.717, 1.165) is 44.9 Å². The summed E-state index contributed by atoms with van der Waals surface area (Å²) < 4.78 is 5.49. The van der Waals surface area contributed by atoms with Crippen LogP contribution < -0.4 is 5.32 Å². The number of aliphatic hydroxyl groups is 2. The first-order valence-electron chi connectivity index (χ1n) is 34.6. The first kappa shape index (κ1) is 74.3. The van der Waals surface area contributed by atoms with Gasteiger partial charge >= 0.3 is 5.97 Å². The average Bonchev–Trinajstić information content (AvgIpc) is 3.42. The number of carbonyl (C=O) groups is 2. The lowest BCUT2D eigenvalue weighted by Gasteiger charge is -2.22. The van der Waals surface area contributed by atoms with Crippen molar-refractivity contribution in [3.05, 3.63) is 24.3 Å². The summed E-state index contributed by atoms with van der Waals surface area (Å²) >= 11 is 0. The van der Waals surface area contributed by atoms with Gasteiger partial charge in [0.05, 0.1) is 25.4 Å². The molecule has 0 saturated heterocycles. The molecule has 0 spiro atoms. The molecule has 1 amide bonds. The molecule has 76 heavy (non-hydrogen) atoms. The molecule has 0 aromatic carbocycles. The van der Waals surface area contributed by atoms with Crippen molar-refractivity contribution in [2.75, 3.05) is 13.2 Å². The Labute approximate surface area is 475 Å². The van der Waals surface area contributed by atoms with Crippen LogP contribution in [0, 0.1) is 0 Å². The normalized spacial score (nSPS) is 12.6. The highest BCUT2D eigenvalue weighted by Gasteiger charge is 2.20. The number of nitrogens with one attached hydrogen (secondary N) is 1. The van der Waals surface area contributed by atoms with E-state index in [2.05, 4.69) is 43.5 Å². The Hall–Kier alpha value is -1.66. The zero-order valence-corrected chi connectivity index (χ0v) is 51.5. The van der Waals surface area contributed by atoms with Gasteiger partial charge in [-0.25, -0.2) is 0 Å². The summed E-state index contributed by atoms with van der Waals surface area (Å²) in [5.41, 5.74) is 0. The lowest BCUT2D eigenvalue weighted by atomic mass is 10.0. The molecule has 6 heteroatoms. The van der Waals surface area contributed by atoms with E-state index < -0.39 is 12.1 Å². The van der Waals surface area contributed by atoms with E-state index in [1.54, 1.807) is 0 Å². The molecule has 0 aromatic heterocycles. The second-order valence-corrected chi connectivity index (χ2v) is 23.9. The number of hydrogen-bond donors (Lipinski definition) is 3. The molecule has 0 rings (SSSR count). The van der Waals surface area contributed by atoms with Gasteiger partial charge in [-0.15, -0.1) is 0 Å². The Bertz CT molecular complexity index is 1190. The van der Waals surface area contributed by atoms with Crippen molar-refractivity contribution in [1.82, 2.24) is 5.32 Å². The van der Waals surface area contributed by atoms with Crippen LogP contribution in [0.15, 0.2) is 24.3 Å². The molecular weight excluding hydrogens is 935 g/mol. The van der Waals surface area contributed by atoms with E-state index in [9.17, 15) is 19.8 Å². The lowest BCUT2D eigenvalue weighted by molar-refractivity contribution is -0.143. The van der Waals surface area contributed by atoms with Crippen molar-refractivity contribution >= 4 is 11.9 Å². The van der Waals surface area contributed by atoms with Crippen LogP contribution in [0.25, 0.3) is 0 Å². The first-order chi connectivity index (χ1) is 37.5. The molecule has 3 N–H and O–H groups in total. The van der Waals surface area contributed by atoms with Crippen LogP contribution >= 0.6 is 0 Å². The van der Waals surface area contributed by atoms with E-state index in [-0.39, 0.29) is 18.5 Å². The number of ether oxygens (including phenoxy) is 1. The minimum Gasteiger partial charge on any atom is -0.466 e. The molecule has 2 atom stereocenters. The molecule has 0 aliphatic heterocycles. The topological polar surface area (TPSA) is 95.9 Å². The van der Waals surface area contributed by atoms with Crippen LogP contribution in [0.5, 0.6) is 0 Å². The van der Waals surface area contributed by atoms with Crippen LogP contribution in [0.3, 0.4) is 0 Å². The lowest BCUT2D eigenvalue weighted by Crippen LogP contribution is -2.45. The second-order valence-electron chi connectivity index (χ2n) is 23.9. The van der Waals surface area contributed by atoms with Crippen molar-refractivity contribution in [3.8, 4) is 0 Å². The van der Waals surface area contributed by atoms with Gasteiger partial charge in [0.25, 0.3) is 0 Å². The van der Waals surface area contributed by atoms with E-state index in [0.29, 0.717) is 25.9 Å². The summed E-state index contributed by atoms with van der Waals surface area (Å²) in [6, 6.07) is -0.540. The molecule has 2 unspecified atom stereocenters. The van der Waals surface area contributed by atoms with Crippen LogP contribution in [0.1, 0.15) is 386 Å². The molecule has 0 radical (unpaired) electrons. The maximum Gasteiger partial charge on any atom is 0.305 e. The zero-order valence-electron chi connectivity index (χ0n) is 51.5. The Balaban J connectivity index is 3.37. The van der Waals surface area contributed by atoms with Crippen LogP contribution in [0.2, 0.25) is 0 Å². The third-order valence-corrected chi connectivity index (χ3v) is 16.3. The van der Waals surface area contributed by atoms with E-state index >= 15 is 0 Å². The number of hydrogen-bond acceptors (Lipinski definition) is 5. The molecule has 0 aliphatic carbocycles. The average molecular weight is 1070 g/mol. The van der Waals surface area contributed by atoms with Gasteiger partial charge in [-0.05, 0) is 57.8 Å². The number of unbranched alkanes of at least 4 members (excludes halogenated alkanes) is 50. The predicted octanol–water partition coefficient (Wildman–Crippen LogP) is 22.1. The quantitative estimate of drug-likeness (QED) is 0.0320. The standard InChI is InChI=1S/C70H135NO5/c1-3-5-7-9-11-13-15-17-38-42-46-50-54-58-62-68(73)67(66-72)71-69(74)63-59-55-51-47-43-39-36-34-32-30-28-26-24-22-20-19-21-23-25-27-29-31-33-35-37-41-45-49-53-57-61-65-76-70(75)64-60-56-52-48-44-40-18-16-14-12-10-8-6-4-2/h21,23,27,29,67-68,72-73H,3-20,22,24-26,28,30-66H2,1-2H3,(H,71,74)/b23-21-,29-27-. The summed E-state index contributed by atoms with van der Waals surface area (Å²) in [4.78, 5) is 24.5. The van der Waals surface area contributed by atoms with Gasteiger partial charge in [0.15, 0.2) is 0 Å². The number of amides is 1. The summed E-state index contributed by atoms with van der Waals surface area (Å²) in [5.74, 6) is -0.0160. The minimum atomic E-state index is -0.663. The number of rotatable bonds is 65. The summed E-state index contributed by atoms with van der Waals surface area (Å²) in [7, 11) is 0. The monoisotopic (exact) mass is 1070 g/mol. The number of aliphatic hydroxyl groups excluding tert-OH is 2. The molecular formula is C70H135NO5. The summed E-state index contributed by atoms with van der Waals surface area (Å²) in [6.45, 7) is 4.98. The largest absolute Gasteiger partial charge is 0.466 e. The van der Waals surface area contributed by atoms with E-state index in [4.69, 9.17) is 4.74 Å². The molecule has 0 saturated carbocycles. The Morgan fingerprint density at radius 1 is 0.368 bits per heavy atom. The molecule has 0 bridgehead atoms. The van der Waals surface area contributed by atoms with Gasteiger partial charge < -0.3 is 20.3 Å². The maximum atomic E-state index is 12.5. The molecule has 0 aliphatic rings. The van der Waals surface area contributed by atoms with Gasteiger partial charge in [-0.3, -0.25) is 9.59 Å². The molecule has 0 heterocycles. The molecule has 6 nitrogen and oxygen atoms in total. The van der Waals surface area contributed by atoms with Crippen molar-refractivity contribution in [1.29, 1.82) is 0 Å². The highest BCUT2D eigenvalue weighted by molar-refractivity contribution is 5.76. The Morgan fingerprint density at radius 3 is 1.00 bits per heavy atom. The van der Waals surface area contributed by atoms with Gasteiger partial charge in [-0.2, -0.15) is 0 Å². The van der Waals surface area contributed by atoms with E-state index in [1.165, 1.54) is 308 Å². The van der Waals surface area contributed by atoms with Crippen molar-refractivity contribution in [2.24, 2.45) is 0 Å². The first-order valence-corrected chi connectivity index (χ1v) is 34.6. The van der Waals surface area contributed by atoms with Crippen molar-refractivity contribution < 1.29 is 24.5 Å². The van der Waals surface area contributed by atoms with Crippen LogP contribution in [-0.2, 0) is 14.3 Å². The number of allylic oxidation sites excluding steroid dienone is 4. The van der Waals surface area contributed by atoms with Gasteiger partial charge in [-0.1, -0.05) is 340 Å². The zero-order chi connectivity index (χ0) is 55.0. The molecule has 0 fully saturated rings. The third kappa shape index (κ3) is 61.6. The molecule has 450 valence electrons. The number of carbonyl (C=O) groups excluding carboxylic acids is 2. The fourth-order valence-corrected chi connectivity index (χ4v) is 11.0. The maximum absolute atomic E-state index is 12.5. The Kier molecular flexibility index (Phi) is 64.4. The van der Waals surface area contributed by atoms with E-state index in [1.807, 2.05) is 0 Å². The van der Waals surface area contributed by atoms with Gasteiger partial charge in [0, 0.05) is 12.8 Å². The minimum absolute atomic E-state index is 0.0160. The van der Waals surface area contributed by atoms with Crippen LogP contribution in [0.4, 0.5) is 0 Å². The fraction of sp³-hybridized carbons (Fsp3) is 0.914.